The molecule has 0 unspecified atom stereocenters. The lowest BCUT2D eigenvalue weighted by atomic mass is 10.2. The van der Waals surface area contributed by atoms with Crippen LogP contribution in [-0.4, -0.2) is 6.54 Å². The maximum absolute atomic E-state index is 12.4. The highest BCUT2D eigenvalue weighted by Crippen LogP contribution is 2.03. The molecule has 0 aliphatic carbocycles. The Bertz CT molecular complexity index is 180. The summed E-state index contributed by atoms with van der Waals surface area (Å²) in [6.45, 7) is 5.89. The van der Waals surface area contributed by atoms with Crippen molar-refractivity contribution in [3.63, 3.8) is 0 Å². The lowest BCUT2D eigenvalue weighted by Crippen LogP contribution is -1.98. The van der Waals surface area contributed by atoms with Gasteiger partial charge in [-0.1, -0.05) is 24.3 Å². The van der Waals surface area contributed by atoms with Crippen molar-refractivity contribution in [3.05, 3.63) is 36.2 Å². The molecule has 0 fully saturated rings. The lowest BCUT2D eigenvalue weighted by Gasteiger charge is -1.93. The number of hydrogen-bond donors (Lipinski definition) is 1. The number of rotatable bonds is 4. The van der Waals surface area contributed by atoms with Gasteiger partial charge >= 0.3 is 0 Å². The predicted octanol–water partition coefficient (Wildman–Crippen LogP) is 2.32. The van der Waals surface area contributed by atoms with Gasteiger partial charge in [-0.2, -0.15) is 0 Å². The second kappa shape index (κ2) is 5.86. The third-order valence-corrected chi connectivity index (χ3v) is 1.22. The van der Waals surface area contributed by atoms with Crippen molar-refractivity contribution < 1.29 is 4.39 Å². The number of halogens is 1. The van der Waals surface area contributed by atoms with Crippen LogP contribution in [-0.2, 0) is 0 Å². The van der Waals surface area contributed by atoms with Crippen LogP contribution in [0.1, 0.15) is 13.3 Å². The summed E-state index contributed by atoms with van der Waals surface area (Å²) in [6.07, 6.45) is 5.14. The van der Waals surface area contributed by atoms with E-state index in [1.807, 2.05) is 0 Å². The van der Waals surface area contributed by atoms with Gasteiger partial charge in [0.1, 0.15) is 5.83 Å². The second-order valence-electron chi connectivity index (χ2n) is 2.20. The van der Waals surface area contributed by atoms with E-state index < -0.39 is 0 Å². The summed E-state index contributed by atoms with van der Waals surface area (Å²) in [6, 6.07) is 0. The van der Waals surface area contributed by atoms with E-state index in [2.05, 4.69) is 6.58 Å². The summed E-state index contributed by atoms with van der Waals surface area (Å²) >= 11 is 0. The first-order chi connectivity index (χ1) is 5.20. The van der Waals surface area contributed by atoms with E-state index in [1.54, 1.807) is 13.0 Å². The molecule has 1 nitrogen and oxygen atoms in total. The average Bonchev–Trinajstić information content (AvgIpc) is 2.01. The Hall–Kier alpha value is -0.890. The third kappa shape index (κ3) is 5.55. The van der Waals surface area contributed by atoms with Gasteiger partial charge in [-0.3, -0.25) is 0 Å². The van der Waals surface area contributed by atoms with Crippen LogP contribution in [0.25, 0.3) is 0 Å². The zero-order chi connectivity index (χ0) is 8.69. The van der Waals surface area contributed by atoms with Gasteiger partial charge in [-0.05, 0) is 26.0 Å². The molecular formula is C9H14FN. The molecule has 0 aromatic rings. The maximum atomic E-state index is 12.4. The molecule has 0 saturated heterocycles. The van der Waals surface area contributed by atoms with Crippen molar-refractivity contribution in [1.82, 2.24) is 0 Å². The molecule has 0 atom stereocenters. The summed E-state index contributed by atoms with van der Waals surface area (Å²) in [4.78, 5) is 0. The molecule has 0 amide bonds. The molecule has 11 heavy (non-hydrogen) atoms. The molecular weight excluding hydrogens is 141 g/mol. The van der Waals surface area contributed by atoms with E-state index in [1.165, 1.54) is 12.2 Å². The highest BCUT2D eigenvalue weighted by atomic mass is 19.1. The molecule has 2 heteroatoms. The monoisotopic (exact) mass is 155 g/mol. The summed E-state index contributed by atoms with van der Waals surface area (Å²) in [5, 5.41) is 0. The predicted molar refractivity (Wildman–Crippen MR) is 46.8 cm³/mol. The molecule has 62 valence electrons. The number of nitrogens with two attached hydrogens (primary N) is 1. The summed E-state index contributed by atoms with van der Waals surface area (Å²) in [5.41, 5.74) is 6.12. The van der Waals surface area contributed by atoms with E-state index in [0.717, 1.165) is 5.57 Å². The molecule has 0 aromatic heterocycles. The molecule has 0 saturated carbocycles. The van der Waals surface area contributed by atoms with Crippen molar-refractivity contribution >= 4 is 0 Å². The first-order valence-electron chi connectivity index (χ1n) is 3.58. The SMILES string of the molecule is C=C(/C=C\C(F)=C/C)CCN. The quantitative estimate of drug-likeness (QED) is 0.619. The zero-order valence-electron chi connectivity index (χ0n) is 6.81. The van der Waals surface area contributed by atoms with Crippen molar-refractivity contribution in [2.75, 3.05) is 6.54 Å². The van der Waals surface area contributed by atoms with Crippen LogP contribution in [0.15, 0.2) is 36.2 Å². The Morgan fingerprint density at radius 1 is 1.55 bits per heavy atom. The smallest absolute Gasteiger partial charge is 0.118 e. The van der Waals surface area contributed by atoms with Crippen LogP contribution in [0.3, 0.4) is 0 Å². The van der Waals surface area contributed by atoms with Gasteiger partial charge in [-0.25, -0.2) is 4.39 Å². The normalized spacial score (nSPS) is 12.5. The van der Waals surface area contributed by atoms with Crippen molar-refractivity contribution in [1.29, 1.82) is 0 Å². The Morgan fingerprint density at radius 3 is 2.64 bits per heavy atom. The zero-order valence-corrected chi connectivity index (χ0v) is 6.81. The fourth-order valence-electron chi connectivity index (χ4n) is 0.562. The summed E-state index contributed by atoms with van der Waals surface area (Å²) < 4.78 is 12.4. The van der Waals surface area contributed by atoms with Crippen LogP contribution in [0, 0.1) is 0 Å². The summed E-state index contributed by atoms with van der Waals surface area (Å²) in [5.74, 6) is -0.247. The molecule has 0 aliphatic heterocycles. The fraction of sp³-hybridized carbons (Fsp3) is 0.333. The van der Waals surface area contributed by atoms with Crippen LogP contribution < -0.4 is 5.73 Å². The summed E-state index contributed by atoms with van der Waals surface area (Å²) in [7, 11) is 0. The van der Waals surface area contributed by atoms with Crippen LogP contribution >= 0.6 is 0 Å². The van der Waals surface area contributed by atoms with E-state index >= 15 is 0 Å². The van der Waals surface area contributed by atoms with Crippen molar-refractivity contribution in [3.8, 4) is 0 Å². The van der Waals surface area contributed by atoms with Gasteiger partial charge in [0.15, 0.2) is 0 Å². The molecule has 0 rings (SSSR count). The van der Waals surface area contributed by atoms with E-state index in [-0.39, 0.29) is 5.83 Å². The Morgan fingerprint density at radius 2 is 2.18 bits per heavy atom. The molecule has 0 aliphatic rings. The Kier molecular flexibility index (Phi) is 5.39. The largest absolute Gasteiger partial charge is 0.330 e. The van der Waals surface area contributed by atoms with E-state index in [0.29, 0.717) is 13.0 Å². The fourth-order valence-corrected chi connectivity index (χ4v) is 0.562. The van der Waals surface area contributed by atoms with Crippen LogP contribution in [0.2, 0.25) is 0 Å². The third-order valence-electron chi connectivity index (χ3n) is 1.22. The van der Waals surface area contributed by atoms with Gasteiger partial charge in [0, 0.05) is 0 Å². The number of allylic oxidation sites excluding steroid dienone is 4. The van der Waals surface area contributed by atoms with Crippen LogP contribution in [0.5, 0.6) is 0 Å². The standard InChI is InChI=1S/C9H14FN/c1-3-9(10)5-4-8(2)6-7-11/h3-5H,2,6-7,11H2,1H3/b5-4-,9-3+. The van der Waals surface area contributed by atoms with Gasteiger partial charge in [-0.15, -0.1) is 0 Å². The molecule has 0 radical (unpaired) electrons. The minimum absolute atomic E-state index is 0.247. The minimum Gasteiger partial charge on any atom is -0.330 e. The topological polar surface area (TPSA) is 26.0 Å². The second-order valence-corrected chi connectivity index (χ2v) is 2.20. The van der Waals surface area contributed by atoms with Crippen molar-refractivity contribution in [2.24, 2.45) is 5.73 Å². The van der Waals surface area contributed by atoms with E-state index in [4.69, 9.17) is 5.73 Å². The Labute approximate surface area is 67.1 Å². The van der Waals surface area contributed by atoms with Gasteiger partial charge in [0.2, 0.25) is 0 Å². The van der Waals surface area contributed by atoms with Gasteiger partial charge in [0.05, 0.1) is 0 Å². The molecule has 0 bridgehead atoms. The molecule has 0 spiro atoms. The lowest BCUT2D eigenvalue weighted by molar-refractivity contribution is 0.664. The van der Waals surface area contributed by atoms with Gasteiger partial charge < -0.3 is 5.73 Å². The molecule has 2 N–H and O–H groups in total. The van der Waals surface area contributed by atoms with Crippen LogP contribution in [0.4, 0.5) is 4.39 Å². The van der Waals surface area contributed by atoms with Gasteiger partial charge in [0.25, 0.3) is 0 Å². The highest BCUT2D eigenvalue weighted by molar-refractivity contribution is 5.22. The first kappa shape index (κ1) is 10.1. The minimum atomic E-state index is -0.247. The maximum Gasteiger partial charge on any atom is 0.118 e. The van der Waals surface area contributed by atoms with Crippen molar-refractivity contribution in [2.45, 2.75) is 13.3 Å². The average molecular weight is 155 g/mol. The first-order valence-corrected chi connectivity index (χ1v) is 3.58. The molecule has 0 aromatic carbocycles. The molecule has 0 heterocycles. The number of hydrogen-bond acceptors (Lipinski definition) is 1. The Balaban J connectivity index is 3.83. The highest BCUT2D eigenvalue weighted by Gasteiger charge is 1.86. The van der Waals surface area contributed by atoms with E-state index in [9.17, 15) is 4.39 Å².